The second kappa shape index (κ2) is 21.3. The van der Waals surface area contributed by atoms with Gasteiger partial charge in [0.1, 0.15) is 0 Å². The molecule has 0 heterocycles. The van der Waals surface area contributed by atoms with Crippen molar-refractivity contribution in [2.24, 2.45) is 5.73 Å². The van der Waals surface area contributed by atoms with Gasteiger partial charge in [0.2, 0.25) is 0 Å². The molecule has 33 heavy (non-hydrogen) atoms. The van der Waals surface area contributed by atoms with E-state index in [1.54, 1.807) is 0 Å². The number of nitrogens with two attached hydrogens (primary N) is 1. The molecule has 0 aliphatic rings. The first-order valence-electron chi connectivity index (χ1n) is 14.3. The van der Waals surface area contributed by atoms with Crippen LogP contribution in [0.15, 0.2) is 18.2 Å². The van der Waals surface area contributed by atoms with Gasteiger partial charge in [-0.3, -0.25) is 0 Å². The zero-order valence-electron chi connectivity index (χ0n) is 22.3. The van der Waals surface area contributed by atoms with E-state index in [0.717, 1.165) is 50.4 Å². The number of unbranched alkanes of at least 4 members (excludes halogenated alkanes) is 14. The largest absolute Gasteiger partial charge is 0.490 e. The number of hydrogen-bond acceptors (Lipinski definition) is 3. The Hall–Kier alpha value is -1.22. The molecule has 0 saturated heterocycles. The third-order valence-electron chi connectivity index (χ3n) is 6.54. The van der Waals surface area contributed by atoms with E-state index in [9.17, 15) is 0 Å². The van der Waals surface area contributed by atoms with Gasteiger partial charge in [0.25, 0.3) is 0 Å². The zero-order valence-corrected chi connectivity index (χ0v) is 22.3. The molecule has 3 heteroatoms. The molecule has 1 atom stereocenters. The van der Waals surface area contributed by atoms with E-state index in [-0.39, 0.29) is 6.04 Å². The highest BCUT2D eigenvalue weighted by atomic mass is 16.5. The standard InChI is InChI=1S/C30H55NO2/c1-4-7-9-11-13-15-17-19-23-32-29-22-21-27(25-28(31)6-3)26-30(29)33-24-20-18-16-14-12-10-8-5-2/h21-22,26,28H,4-20,23-25,31H2,1-3H3. The van der Waals surface area contributed by atoms with Crippen LogP contribution in [-0.2, 0) is 6.42 Å². The van der Waals surface area contributed by atoms with E-state index in [4.69, 9.17) is 15.2 Å². The first-order chi connectivity index (χ1) is 16.2. The third-order valence-corrected chi connectivity index (χ3v) is 6.54. The van der Waals surface area contributed by atoms with Crippen LogP contribution >= 0.6 is 0 Å². The number of benzene rings is 1. The van der Waals surface area contributed by atoms with Gasteiger partial charge in [-0.25, -0.2) is 0 Å². The second-order valence-electron chi connectivity index (χ2n) is 9.80. The summed E-state index contributed by atoms with van der Waals surface area (Å²) >= 11 is 0. The molecule has 1 aromatic rings. The molecule has 0 saturated carbocycles. The van der Waals surface area contributed by atoms with Crippen LogP contribution in [-0.4, -0.2) is 19.3 Å². The van der Waals surface area contributed by atoms with Crippen molar-refractivity contribution in [2.75, 3.05) is 13.2 Å². The van der Waals surface area contributed by atoms with E-state index < -0.39 is 0 Å². The lowest BCUT2D eigenvalue weighted by Crippen LogP contribution is -2.21. The topological polar surface area (TPSA) is 44.5 Å². The highest BCUT2D eigenvalue weighted by Crippen LogP contribution is 2.30. The Morgan fingerprint density at radius 2 is 1.06 bits per heavy atom. The van der Waals surface area contributed by atoms with E-state index in [1.165, 1.54) is 95.5 Å². The molecule has 192 valence electrons. The maximum atomic E-state index is 6.21. The van der Waals surface area contributed by atoms with Gasteiger partial charge in [-0.05, 0) is 43.4 Å². The predicted octanol–water partition coefficient (Wildman–Crippen LogP) is 9.01. The minimum Gasteiger partial charge on any atom is -0.490 e. The maximum Gasteiger partial charge on any atom is 0.161 e. The summed E-state index contributed by atoms with van der Waals surface area (Å²) in [7, 11) is 0. The van der Waals surface area contributed by atoms with Gasteiger partial charge in [-0.2, -0.15) is 0 Å². The minimum atomic E-state index is 0.203. The SMILES string of the molecule is CCCCCCCCCCOc1ccc(CC(N)CC)cc1OCCCCCCCCCC. The molecule has 0 bridgehead atoms. The van der Waals surface area contributed by atoms with Crippen LogP contribution in [0.3, 0.4) is 0 Å². The van der Waals surface area contributed by atoms with Crippen molar-refractivity contribution in [3.8, 4) is 11.5 Å². The second-order valence-corrected chi connectivity index (χ2v) is 9.80. The van der Waals surface area contributed by atoms with Crippen LogP contribution in [0.1, 0.15) is 135 Å². The molecule has 0 radical (unpaired) electrons. The van der Waals surface area contributed by atoms with E-state index >= 15 is 0 Å². The summed E-state index contributed by atoms with van der Waals surface area (Å²) in [5, 5.41) is 0. The average Bonchev–Trinajstić information content (AvgIpc) is 2.82. The summed E-state index contributed by atoms with van der Waals surface area (Å²) in [4.78, 5) is 0. The van der Waals surface area contributed by atoms with E-state index in [2.05, 4.69) is 39.0 Å². The molecule has 0 aliphatic carbocycles. The Bertz CT molecular complexity index is 560. The summed E-state index contributed by atoms with van der Waals surface area (Å²) < 4.78 is 12.4. The Morgan fingerprint density at radius 1 is 0.606 bits per heavy atom. The molecule has 1 unspecified atom stereocenters. The van der Waals surface area contributed by atoms with Crippen molar-refractivity contribution in [1.82, 2.24) is 0 Å². The molecule has 1 aromatic carbocycles. The van der Waals surface area contributed by atoms with Crippen molar-refractivity contribution in [3.63, 3.8) is 0 Å². The quantitative estimate of drug-likeness (QED) is 0.165. The van der Waals surface area contributed by atoms with E-state index in [1.807, 2.05) is 0 Å². The van der Waals surface area contributed by atoms with Crippen molar-refractivity contribution in [1.29, 1.82) is 0 Å². The Morgan fingerprint density at radius 3 is 1.55 bits per heavy atom. The van der Waals surface area contributed by atoms with Crippen LogP contribution in [0.4, 0.5) is 0 Å². The molecule has 1 rings (SSSR count). The van der Waals surface area contributed by atoms with Crippen molar-refractivity contribution >= 4 is 0 Å². The molecular weight excluding hydrogens is 406 g/mol. The fraction of sp³-hybridized carbons (Fsp3) is 0.800. The average molecular weight is 462 g/mol. The molecule has 0 aromatic heterocycles. The Kier molecular flexibility index (Phi) is 19.3. The van der Waals surface area contributed by atoms with Crippen LogP contribution in [0, 0.1) is 0 Å². The molecule has 0 fully saturated rings. The lowest BCUT2D eigenvalue weighted by Gasteiger charge is -2.16. The number of ether oxygens (including phenoxy) is 2. The Labute approximate surface area is 206 Å². The zero-order chi connectivity index (χ0) is 24.0. The molecule has 0 spiro atoms. The molecule has 3 nitrogen and oxygen atoms in total. The van der Waals surface area contributed by atoms with Crippen LogP contribution in [0.5, 0.6) is 11.5 Å². The summed E-state index contributed by atoms with van der Waals surface area (Å²) in [6.45, 7) is 8.24. The highest BCUT2D eigenvalue weighted by Gasteiger charge is 2.09. The van der Waals surface area contributed by atoms with Crippen molar-refractivity contribution in [2.45, 2.75) is 142 Å². The molecular formula is C30H55NO2. The fourth-order valence-electron chi connectivity index (χ4n) is 4.19. The first kappa shape index (κ1) is 29.8. The van der Waals surface area contributed by atoms with Crippen molar-refractivity contribution < 1.29 is 9.47 Å². The smallest absolute Gasteiger partial charge is 0.161 e. The number of hydrogen-bond donors (Lipinski definition) is 1. The van der Waals surface area contributed by atoms with Gasteiger partial charge in [-0.15, -0.1) is 0 Å². The lowest BCUT2D eigenvalue weighted by atomic mass is 10.0. The number of rotatable bonds is 23. The van der Waals surface area contributed by atoms with Gasteiger partial charge in [0.05, 0.1) is 13.2 Å². The third kappa shape index (κ3) is 16.1. The maximum absolute atomic E-state index is 6.21. The first-order valence-corrected chi connectivity index (χ1v) is 14.3. The van der Waals surface area contributed by atoms with Crippen LogP contribution < -0.4 is 15.2 Å². The summed E-state index contributed by atoms with van der Waals surface area (Å²) in [5.41, 5.74) is 7.43. The van der Waals surface area contributed by atoms with Gasteiger partial charge >= 0.3 is 0 Å². The van der Waals surface area contributed by atoms with Crippen LogP contribution in [0.2, 0.25) is 0 Å². The minimum absolute atomic E-state index is 0.203. The van der Waals surface area contributed by atoms with Crippen LogP contribution in [0.25, 0.3) is 0 Å². The van der Waals surface area contributed by atoms with Crippen molar-refractivity contribution in [3.05, 3.63) is 23.8 Å². The lowest BCUT2D eigenvalue weighted by molar-refractivity contribution is 0.258. The summed E-state index contributed by atoms with van der Waals surface area (Å²) in [6.07, 6.45) is 22.9. The molecule has 2 N–H and O–H groups in total. The summed E-state index contributed by atoms with van der Waals surface area (Å²) in [6, 6.07) is 6.60. The van der Waals surface area contributed by atoms with Gasteiger partial charge in [-0.1, -0.05) is 117 Å². The van der Waals surface area contributed by atoms with Gasteiger partial charge in [0.15, 0.2) is 11.5 Å². The summed E-state index contributed by atoms with van der Waals surface area (Å²) in [5.74, 6) is 1.80. The normalized spacial score (nSPS) is 12.1. The van der Waals surface area contributed by atoms with Gasteiger partial charge < -0.3 is 15.2 Å². The fourth-order valence-corrected chi connectivity index (χ4v) is 4.19. The predicted molar refractivity (Wildman–Crippen MR) is 145 cm³/mol. The molecule has 0 aliphatic heterocycles. The highest BCUT2D eigenvalue weighted by molar-refractivity contribution is 5.43. The Balaban J connectivity index is 2.38. The van der Waals surface area contributed by atoms with E-state index in [0.29, 0.717) is 0 Å². The van der Waals surface area contributed by atoms with Gasteiger partial charge in [0, 0.05) is 6.04 Å². The monoisotopic (exact) mass is 461 g/mol. The molecule has 0 amide bonds.